The highest BCUT2D eigenvalue weighted by Gasteiger charge is 2.32. The molecule has 0 bridgehead atoms. The van der Waals surface area contributed by atoms with Crippen LogP contribution in [0.5, 0.6) is 0 Å². The lowest BCUT2D eigenvalue weighted by molar-refractivity contribution is 0.0760. The normalized spacial score (nSPS) is 20.6. The fourth-order valence-electron chi connectivity index (χ4n) is 4.59. The molecule has 2 fully saturated rings. The van der Waals surface area contributed by atoms with Crippen LogP contribution in [-0.4, -0.2) is 47.0 Å². The van der Waals surface area contributed by atoms with Gasteiger partial charge in [0.25, 0.3) is 5.91 Å². The third-order valence-corrected chi connectivity index (χ3v) is 6.18. The van der Waals surface area contributed by atoms with Crippen molar-refractivity contribution in [2.24, 2.45) is 11.8 Å². The Balaban J connectivity index is 0.00000128. The van der Waals surface area contributed by atoms with Crippen LogP contribution in [0.25, 0.3) is 22.3 Å². The molecule has 4 heterocycles. The maximum atomic E-state index is 13.5. The molecule has 2 atom stereocenters. The van der Waals surface area contributed by atoms with E-state index in [1.54, 1.807) is 6.20 Å². The molecule has 7 heteroatoms. The minimum absolute atomic E-state index is 0. The van der Waals surface area contributed by atoms with Crippen LogP contribution in [-0.2, 0) is 0 Å². The number of para-hydroxylation sites is 1. The molecular formula is C23H26Cl2N4O. The number of amides is 1. The third-order valence-electron chi connectivity index (χ3n) is 6.18. The first-order valence-corrected chi connectivity index (χ1v) is 10.1. The van der Waals surface area contributed by atoms with Crippen LogP contribution in [0.2, 0.25) is 0 Å². The number of nitrogens with zero attached hydrogens (tertiary/aromatic N) is 3. The van der Waals surface area contributed by atoms with E-state index in [2.05, 4.69) is 10.3 Å². The molecule has 0 radical (unpaired) electrons. The molecule has 30 heavy (non-hydrogen) atoms. The predicted octanol–water partition coefficient (Wildman–Crippen LogP) is 4.21. The van der Waals surface area contributed by atoms with E-state index < -0.39 is 0 Å². The third kappa shape index (κ3) is 4.29. The molecule has 0 saturated carbocycles. The number of hydrogen-bond donors (Lipinski definition) is 1. The summed E-state index contributed by atoms with van der Waals surface area (Å²) >= 11 is 0. The average Bonchev–Trinajstić information content (AvgIpc) is 3.11. The fourth-order valence-corrected chi connectivity index (χ4v) is 4.59. The van der Waals surface area contributed by atoms with Gasteiger partial charge in [-0.25, -0.2) is 4.98 Å². The van der Waals surface area contributed by atoms with Crippen LogP contribution in [0.15, 0.2) is 54.7 Å². The van der Waals surface area contributed by atoms with E-state index in [1.807, 2.05) is 53.4 Å². The zero-order chi connectivity index (χ0) is 18.9. The topological polar surface area (TPSA) is 58.1 Å². The molecule has 1 amide bonds. The number of fused-ring (bicyclic) bond motifs is 2. The van der Waals surface area contributed by atoms with Gasteiger partial charge in [-0.15, -0.1) is 24.8 Å². The van der Waals surface area contributed by atoms with E-state index in [4.69, 9.17) is 4.98 Å². The minimum atomic E-state index is 0. The van der Waals surface area contributed by atoms with Gasteiger partial charge in [0.15, 0.2) is 0 Å². The van der Waals surface area contributed by atoms with Gasteiger partial charge in [-0.2, -0.15) is 0 Å². The SMILES string of the molecule is Cl.Cl.O=C(c1cc(-c2ccccn2)nc2ccccc12)N1CC[C@@H]2CNC[C@@H]2CC1. The molecule has 2 aliphatic heterocycles. The van der Waals surface area contributed by atoms with Crippen molar-refractivity contribution in [2.45, 2.75) is 12.8 Å². The van der Waals surface area contributed by atoms with Gasteiger partial charge in [0.2, 0.25) is 0 Å². The van der Waals surface area contributed by atoms with Crippen molar-refractivity contribution in [3.63, 3.8) is 0 Å². The highest BCUT2D eigenvalue weighted by Crippen LogP contribution is 2.29. The van der Waals surface area contributed by atoms with Gasteiger partial charge in [0, 0.05) is 24.7 Å². The van der Waals surface area contributed by atoms with Crippen molar-refractivity contribution >= 4 is 41.6 Å². The maximum Gasteiger partial charge on any atom is 0.254 e. The highest BCUT2D eigenvalue weighted by atomic mass is 35.5. The lowest BCUT2D eigenvalue weighted by Crippen LogP contribution is -2.33. The summed E-state index contributed by atoms with van der Waals surface area (Å²) in [6, 6.07) is 15.6. The smallest absolute Gasteiger partial charge is 0.254 e. The van der Waals surface area contributed by atoms with E-state index in [-0.39, 0.29) is 30.7 Å². The first kappa shape index (κ1) is 22.5. The van der Waals surface area contributed by atoms with E-state index in [0.29, 0.717) is 11.8 Å². The number of carbonyl (C=O) groups is 1. The molecule has 1 aromatic carbocycles. The summed E-state index contributed by atoms with van der Waals surface area (Å²) in [5.74, 6) is 1.52. The first-order chi connectivity index (χ1) is 13.8. The summed E-state index contributed by atoms with van der Waals surface area (Å²) in [5.41, 5.74) is 3.11. The van der Waals surface area contributed by atoms with Gasteiger partial charge in [-0.05, 0) is 62.0 Å². The van der Waals surface area contributed by atoms with Crippen molar-refractivity contribution in [2.75, 3.05) is 26.2 Å². The van der Waals surface area contributed by atoms with Crippen LogP contribution in [0, 0.1) is 11.8 Å². The van der Waals surface area contributed by atoms with Crippen LogP contribution in [0.1, 0.15) is 23.2 Å². The number of likely N-dealkylation sites (tertiary alicyclic amines) is 1. The van der Waals surface area contributed by atoms with E-state index >= 15 is 0 Å². The molecular weight excluding hydrogens is 419 g/mol. The Bertz CT molecular complexity index is 1000. The quantitative estimate of drug-likeness (QED) is 0.642. The number of halogens is 2. The summed E-state index contributed by atoms with van der Waals surface area (Å²) in [6.07, 6.45) is 3.92. The molecule has 5 rings (SSSR count). The van der Waals surface area contributed by atoms with Crippen LogP contribution < -0.4 is 5.32 Å². The Morgan fingerprint density at radius 3 is 2.33 bits per heavy atom. The number of aromatic nitrogens is 2. The summed E-state index contributed by atoms with van der Waals surface area (Å²) in [5, 5.41) is 4.41. The van der Waals surface area contributed by atoms with Gasteiger partial charge in [-0.1, -0.05) is 24.3 Å². The zero-order valence-corrected chi connectivity index (χ0v) is 18.3. The minimum Gasteiger partial charge on any atom is -0.339 e. The zero-order valence-electron chi connectivity index (χ0n) is 16.7. The summed E-state index contributed by atoms with van der Waals surface area (Å²) in [4.78, 5) is 24.8. The van der Waals surface area contributed by atoms with Crippen LogP contribution in [0.4, 0.5) is 0 Å². The van der Waals surface area contributed by atoms with Gasteiger partial charge in [-0.3, -0.25) is 9.78 Å². The molecule has 1 N–H and O–H groups in total. The van der Waals surface area contributed by atoms with Crippen molar-refractivity contribution in [3.8, 4) is 11.4 Å². The number of pyridine rings is 2. The second kappa shape index (κ2) is 9.73. The number of nitrogens with one attached hydrogen (secondary N) is 1. The van der Waals surface area contributed by atoms with Gasteiger partial charge in [0.1, 0.15) is 0 Å². The highest BCUT2D eigenvalue weighted by molar-refractivity contribution is 6.07. The monoisotopic (exact) mass is 444 g/mol. The van der Waals surface area contributed by atoms with Crippen molar-refractivity contribution in [1.29, 1.82) is 0 Å². The Kier molecular flexibility index (Phi) is 7.29. The standard InChI is InChI=1S/C23H24N4O.2ClH/c28-23(27-11-8-16-14-24-15-17(16)9-12-27)19-13-22(21-7-3-4-10-25-21)26-20-6-2-1-5-18(19)20;;/h1-7,10,13,16-17,24H,8-9,11-12,14-15H2;2*1H/t16-,17+;;. The summed E-state index contributed by atoms with van der Waals surface area (Å²) < 4.78 is 0. The first-order valence-electron chi connectivity index (χ1n) is 10.1. The predicted molar refractivity (Wildman–Crippen MR) is 124 cm³/mol. The van der Waals surface area contributed by atoms with Crippen molar-refractivity contribution in [3.05, 3.63) is 60.3 Å². The molecule has 2 aromatic heterocycles. The second-order valence-electron chi connectivity index (χ2n) is 7.84. The molecule has 0 spiro atoms. The van der Waals surface area contributed by atoms with Crippen LogP contribution >= 0.6 is 24.8 Å². The van der Waals surface area contributed by atoms with E-state index in [0.717, 1.165) is 66.9 Å². The van der Waals surface area contributed by atoms with Crippen molar-refractivity contribution in [1.82, 2.24) is 20.2 Å². The molecule has 0 aliphatic carbocycles. The van der Waals surface area contributed by atoms with Crippen molar-refractivity contribution < 1.29 is 4.79 Å². The van der Waals surface area contributed by atoms with E-state index in [1.165, 1.54) is 0 Å². The second-order valence-corrected chi connectivity index (χ2v) is 7.84. The molecule has 5 nitrogen and oxygen atoms in total. The molecule has 0 unspecified atom stereocenters. The van der Waals surface area contributed by atoms with Crippen LogP contribution in [0.3, 0.4) is 0 Å². The average molecular weight is 445 g/mol. The molecule has 158 valence electrons. The lowest BCUT2D eigenvalue weighted by Gasteiger charge is -2.22. The number of carbonyl (C=O) groups excluding carboxylic acids is 1. The number of benzene rings is 1. The maximum absolute atomic E-state index is 13.5. The Morgan fingerprint density at radius 1 is 0.933 bits per heavy atom. The Hall–Kier alpha value is -2.21. The summed E-state index contributed by atoms with van der Waals surface area (Å²) in [7, 11) is 0. The number of hydrogen-bond acceptors (Lipinski definition) is 4. The largest absolute Gasteiger partial charge is 0.339 e. The summed E-state index contributed by atoms with van der Waals surface area (Å²) in [6.45, 7) is 3.85. The molecule has 2 aliphatic rings. The van der Waals surface area contributed by atoms with E-state index in [9.17, 15) is 4.79 Å². The van der Waals surface area contributed by atoms with Gasteiger partial charge >= 0.3 is 0 Å². The van der Waals surface area contributed by atoms with Gasteiger partial charge in [0.05, 0.1) is 22.5 Å². The van der Waals surface area contributed by atoms with Gasteiger partial charge < -0.3 is 10.2 Å². The Labute approximate surface area is 189 Å². The lowest BCUT2D eigenvalue weighted by atomic mass is 9.92. The number of rotatable bonds is 2. The Morgan fingerprint density at radius 2 is 1.63 bits per heavy atom. The fraction of sp³-hybridized carbons (Fsp3) is 0.348. The molecule has 3 aromatic rings. The molecule has 2 saturated heterocycles.